The van der Waals surface area contributed by atoms with E-state index in [1.807, 2.05) is 18.2 Å². The Morgan fingerprint density at radius 2 is 2.00 bits per heavy atom. The summed E-state index contributed by atoms with van der Waals surface area (Å²) >= 11 is 1.46. The van der Waals surface area contributed by atoms with Crippen molar-refractivity contribution in [2.75, 3.05) is 18.9 Å². The van der Waals surface area contributed by atoms with Gasteiger partial charge >= 0.3 is 5.97 Å². The molecule has 2 aromatic rings. The minimum absolute atomic E-state index is 0.131. The van der Waals surface area contributed by atoms with E-state index in [0.29, 0.717) is 5.69 Å². The van der Waals surface area contributed by atoms with Crippen LogP contribution in [0.1, 0.15) is 6.92 Å². The van der Waals surface area contributed by atoms with Crippen molar-refractivity contribution in [2.24, 2.45) is 5.18 Å². The van der Waals surface area contributed by atoms with E-state index >= 15 is 0 Å². The van der Waals surface area contributed by atoms with Crippen LogP contribution in [-0.2, 0) is 9.53 Å². The number of carbonyl (C=O) groups is 1. The second kappa shape index (κ2) is 8.19. The molecule has 0 amide bonds. The van der Waals surface area contributed by atoms with Crippen LogP contribution in [-0.4, -0.2) is 19.2 Å². The summed E-state index contributed by atoms with van der Waals surface area (Å²) in [6.45, 7) is 1.70. The van der Waals surface area contributed by atoms with Crippen LogP contribution >= 0.6 is 11.8 Å². The summed E-state index contributed by atoms with van der Waals surface area (Å²) in [6, 6.07) is 12.4. The molecule has 0 bridgehead atoms. The molecule has 2 aromatic carbocycles. The van der Waals surface area contributed by atoms with Gasteiger partial charge in [0.25, 0.3) is 0 Å². The third-order valence-electron chi connectivity index (χ3n) is 2.77. The molecule has 0 aromatic heterocycles. The number of anilines is 1. The van der Waals surface area contributed by atoms with E-state index in [-0.39, 0.29) is 24.7 Å². The van der Waals surface area contributed by atoms with Gasteiger partial charge in [-0.1, -0.05) is 17.8 Å². The number of benzene rings is 2. The number of esters is 1. The third-order valence-corrected chi connectivity index (χ3v) is 3.75. The molecule has 0 spiro atoms. The van der Waals surface area contributed by atoms with Gasteiger partial charge in [-0.2, -0.15) is 0 Å². The number of rotatable bonds is 7. The highest BCUT2D eigenvalue weighted by Crippen LogP contribution is 2.36. The molecule has 2 N–H and O–H groups in total. The predicted octanol–water partition coefficient (Wildman–Crippen LogP) is 3.76. The Balaban J connectivity index is 2.14. The zero-order valence-electron chi connectivity index (χ0n) is 12.5. The predicted molar refractivity (Wildman–Crippen MR) is 89.0 cm³/mol. The van der Waals surface area contributed by atoms with Crippen molar-refractivity contribution >= 4 is 29.1 Å². The Hall–Kier alpha value is -2.54. The molecule has 0 radical (unpaired) electrons. The maximum absolute atomic E-state index is 11.4. The van der Waals surface area contributed by atoms with E-state index in [4.69, 9.17) is 15.2 Å². The van der Waals surface area contributed by atoms with Crippen LogP contribution in [0.2, 0.25) is 0 Å². The molecule has 0 saturated heterocycles. The van der Waals surface area contributed by atoms with Crippen molar-refractivity contribution in [2.45, 2.75) is 16.7 Å². The van der Waals surface area contributed by atoms with Crippen LogP contribution in [0.3, 0.4) is 0 Å². The summed E-state index contributed by atoms with van der Waals surface area (Å²) in [5.41, 5.74) is 6.55. The SMILES string of the molecule is CCOC(=O)COc1cc(Sc2cccc(N)c2)ccc1N=O. The topological polar surface area (TPSA) is 91.0 Å². The average Bonchev–Trinajstić information content (AvgIpc) is 2.53. The van der Waals surface area contributed by atoms with Gasteiger partial charge in [0.05, 0.1) is 6.61 Å². The largest absolute Gasteiger partial charge is 0.479 e. The average molecular weight is 332 g/mol. The number of hydrogen-bond donors (Lipinski definition) is 1. The van der Waals surface area contributed by atoms with Crippen molar-refractivity contribution in [1.82, 2.24) is 0 Å². The second-order valence-corrected chi connectivity index (χ2v) is 5.64. The molecule has 0 saturated carbocycles. The zero-order valence-corrected chi connectivity index (χ0v) is 13.3. The summed E-state index contributed by atoms with van der Waals surface area (Å²) in [7, 11) is 0. The van der Waals surface area contributed by atoms with Gasteiger partial charge in [0, 0.05) is 15.5 Å². The Morgan fingerprint density at radius 1 is 1.22 bits per heavy atom. The fourth-order valence-electron chi connectivity index (χ4n) is 1.80. The van der Waals surface area contributed by atoms with E-state index in [2.05, 4.69) is 5.18 Å². The lowest BCUT2D eigenvalue weighted by Crippen LogP contribution is -2.14. The molecule has 0 atom stereocenters. The number of nitrogen functional groups attached to an aromatic ring is 1. The van der Waals surface area contributed by atoms with Gasteiger partial charge in [-0.15, -0.1) is 4.91 Å². The van der Waals surface area contributed by atoms with Crippen LogP contribution in [0.25, 0.3) is 0 Å². The number of ether oxygens (including phenoxy) is 2. The molecule has 0 fully saturated rings. The molecular formula is C16H16N2O4S. The molecular weight excluding hydrogens is 316 g/mol. The summed E-state index contributed by atoms with van der Waals surface area (Å²) in [4.78, 5) is 24.0. The first-order valence-corrected chi connectivity index (χ1v) is 7.73. The van der Waals surface area contributed by atoms with Crippen molar-refractivity contribution in [1.29, 1.82) is 0 Å². The molecule has 7 heteroatoms. The molecule has 0 aliphatic rings. The van der Waals surface area contributed by atoms with Crippen molar-refractivity contribution in [3.05, 3.63) is 47.4 Å². The quantitative estimate of drug-likeness (QED) is 0.471. The number of nitroso groups, excluding NO2 is 1. The number of nitrogens with two attached hydrogens (primary N) is 1. The number of carbonyl (C=O) groups excluding carboxylic acids is 1. The highest BCUT2D eigenvalue weighted by atomic mass is 32.2. The molecule has 0 aliphatic carbocycles. The third kappa shape index (κ3) is 5.00. The summed E-state index contributed by atoms with van der Waals surface area (Å²) in [5, 5.41) is 2.90. The maximum atomic E-state index is 11.4. The molecule has 6 nitrogen and oxygen atoms in total. The van der Waals surface area contributed by atoms with Gasteiger partial charge in [0.1, 0.15) is 5.69 Å². The first-order chi connectivity index (χ1) is 11.1. The Kier molecular flexibility index (Phi) is 5.99. The van der Waals surface area contributed by atoms with E-state index < -0.39 is 5.97 Å². The molecule has 0 aliphatic heterocycles. The second-order valence-electron chi connectivity index (χ2n) is 4.49. The van der Waals surface area contributed by atoms with Crippen LogP contribution in [0.5, 0.6) is 5.75 Å². The standard InChI is InChI=1S/C16H16N2O4S/c1-2-21-16(19)10-22-15-9-13(6-7-14(15)18-20)23-12-5-3-4-11(17)8-12/h3-9H,2,10,17H2,1H3. The first kappa shape index (κ1) is 16.8. The molecule has 0 unspecified atom stereocenters. The Morgan fingerprint density at radius 3 is 2.70 bits per heavy atom. The highest BCUT2D eigenvalue weighted by Gasteiger charge is 2.10. The first-order valence-electron chi connectivity index (χ1n) is 6.91. The van der Waals surface area contributed by atoms with Crippen LogP contribution in [0, 0.1) is 4.91 Å². The summed E-state index contributed by atoms with van der Waals surface area (Å²) in [5.74, 6) is -0.264. The Bertz CT molecular complexity index is 706. The van der Waals surface area contributed by atoms with Crippen molar-refractivity contribution < 1.29 is 14.3 Å². The minimum Gasteiger partial charge on any atom is -0.479 e. The van der Waals surface area contributed by atoms with E-state index in [1.54, 1.807) is 31.2 Å². The van der Waals surface area contributed by atoms with Gasteiger partial charge in [-0.05, 0) is 48.5 Å². The molecule has 2 rings (SSSR count). The monoisotopic (exact) mass is 332 g/mol. The summed E-state index contributed by atoms with van der Waals surface area (Å²) in [6.07, 6.45) is 0. The Labute approximate surface area is 137 Å². The molecule has 120 valence electrons. The van der Waals surface area contributed by atoms with Crippen molar-refractivity contribution in [3.8, 4) is 5.75 Å². The van der Waals surface area contributed by atoms with E-state index in [0.717, 1.165) is 9.79 Å². The molecule has 23 heavy (non-hydrogen) atoms. The maximum Gasteiger partial charge on any atom is 0.344 e. The summed E-state index contributed by atoms with van der Waals surface area (Å²) < 4.78 is 10.1. The fraction of sp³-hybridized carbons (Fsp3) is 0.188. The lowest BCUT2D eigenvalue weighted by atomic mass is 10.3. The van der Waals surface area contributed by atoms with Gasteiger partial charge in [0.15, 0.2) is 12.4 Å². The van der Waals surface area contributed by atoms with Gasteiger partial charge < -0.3 is 15.2 Å². The molecule has 0 heterocycles. The fourth-order valence-corrected chi connectivity index (χ4v) is 2.72. The van der Waals surface area contributed by atoms with Gasteiger partial charge in [0.2, 0.25) is 0 Å². The van der Waals surface area contributed by atoms with Gasteiger partial charge in [-0.25, -0.2) is 4.79 Å². The van der Waals surface area contributed by atoms with E-state index in [9.17, 15) is 9.70 Å². The number of hydrogen-bond acceptors (Lipinski definition) is 7. The van der Waals surface area contributed by atoms with Crippen LogP contribution in [0.15, 0.2) is 57.4 Å². The minimum atomic E-state index is -0.502. The number of nitrogens with zero attached hydrogens (tertiary/aromatic N) is 1. The lowest BCUT2D eigenvalue weighted by molar-refractivity contribution is -0.145. The van der Waals surface area contributed by atoms with Crippen LogP contribution < -0.4 is 10.5 Å². The lowest BCUT2D eigenvalue weighted by Gasteiger charge is -2.09. The normalized spacial score (nSPS) is 10.1. The van der Waals surface area contributed by atoms with Crippen molar-refractivity contribution in [3.63, 3.8) is 0 Å². The van der Waals surface area contributed by atoms with Gasteiger partial charge in [-0.3, -0.25) is 0 Å². The van der Waals surface area contributed by atoms with E-state index in [1.165, 1.54) is 11.8 Å². The van der Waals surface area contributed by atoms with Crippen LogP contribution in [0.4, 0.5) is 11.4 Å². The smallest absolute Gasteiger partial charge is 0.344 e. The highest BCUT2D eigenvalue weighted by molar-refractivity contribution is 7.99. The zero-order chi connectivity index (χ0) is 16.7.